The van der Waals surface area contributed by atoms with Crippen LogP contribution in [0.25, 0.3) is 0 Å². The van der Waals surface area contributed by atoms with Crippen molar-refractivity contribution in [2.75, 3.05) is 26.8 Å². The maximum Gasteiger partial charge on any atom is 0.191 e. The summed E-state index contributed by atoms with van der Waals surface area (Å²) in [6.07, 6.45) is 0. The normalized spacial score (nSPS) is 16.1. The third kappa shape index (κ3) is 4.41. The number of guanidine groups is 1. The van der Waals surface area contributed by atoms with E-state index in [9.17, 15) is 5.11 Å². The zero-order chi connectivity index (χ0) is 18.6. The van der Waals surface area contributed by atoms with Crippen molar-refractivity contribution in [2.24, 2.45) is 4.99 Å². The molecule has 0 fully saturated rings. The summed E-state index contributed by atoms with van der Waals surface area (Å²) in [5, 5.41) is 19.4. The molecule has 1 atom stereocenters. The van der Waals surface area contributed by atoms with Gasteiger partial charge in [-0.2, -0.15) is 0 Å². The fourth-order valence-corrected chi connectivity index (χ4v) is 3.68. The molecule has 140 valence electrons. The van der Waals surface area contributed by atoms with Crippen LogP contribution in [0.15, 0.2) is 34.6 Å². The molecule has 1 aromatic heterocycles. The second-order valence-electron chi connectivity index (χ2n) is 6.13. The quantitative estimate of drug-likeness (QED) is 0.536. The summed E-state index contributed by atoms with van der Waals surface area (Å²) in [5.41, 5.74) is -0.0151. The van der Waals surface area contributed by atoms with Crippen LogP contribution >= 0.6 is 22.9 Å². The van der Waals surface area contributed by atoms with Gasteiger partial charge in [-0.05, 0) is 36.1 Å². The summed E-state index contributed by atoms with van der Waals surface area (Å²) >= 11 is 7.79. The molecule has 1 aliphatic rings. The SMILES string of the molecule is CN=C(NCc1cc(Cl)c2c(c1)OCCO2)NCC(C)(O)c1cccs1. The first-order valence-corrected chi connectivity index (χ1v) is 9.54. The van der Waals surface area contributed by atoms with Crippen molar-refractivity contribution in [1.29, 1.82) is 0 Å². The third-order valence-electron chi connectivity index (χ3n) is 3.99. The summed E-state index contributed by atoms with van der Waals surface area (Å²) < 4.78 is 11.1. The summed E-state index contributed by atoms with van der Waals surface area (Å²) in [4.78, 5) is 5.10. The van der Waals surface area contributed by atoms with Crippen LogP contribution in [-0.4, -0.2) is 37.9 Å². The first-order valence-electron chi connectivity index (χ1n) is 8.28. The molecule has 6 nitrogen and oxygen atoms in total. The predicted octanol–water partition coefficient (Wildman–Crippen LogP) is 2.75. The molecule has 8 heteroatoms. The van der Waals surface area contributed by atoms with E-state index in [1.54, 1.807) is 14.0 Å². The largest absolute Gasteiger partial charge is 0.486 e. The third-order valence-corrected chi connectivity index (χ3v) is 5.40. The van der Waals surface area contributed by atoms with Crippen LogP contribution in [0.1, 0.15) is 17.4 Å². The summed E-state index contributed by atoms with van der Waals surface area (Å²) in [6, 6.07) is 7.59. The highest BCUT2D eigenvalue weighted by Gasteiger charge is 2.24. The molecular weight excluding hydrogens is 374 g/mol. The number of nitrogens with one attached hydrogen (secondary N) is 2. The molecule has 3 rings (SSSR count). The number of benzene rings is 1. The van der Waals surface area contributed by atoms with Gasteiger partial charge in [-0.3, -0.25) is 4.99 Å². The van der Waals surface area contributed by atoms with E-state index in [-0.39, 0.29) is 0 Å². The monoisotopic (exact) mass is 395 g/mol. The van der Waals surface area contributed by atoms with E-state index in [0.717, 1.165) is 10.4 Å². The average molecular weight is 396 g/mol. The van der Waals surface area contributed by atoms with Gasteiger partial charge in [0.2, 0.25) is 0 Å². The van der Waals surface area contributed by atoms with Crippen LogP contribution < -0.4 is 20.1 Å². The Hall–Kier alpha value is -1.96. The van der Waals surface area contributed by atoms with Crippen molar-refractivity contribution in [3.05, 3.63) is 45.1 Å². The number of aliphatic hydroxyl groups is 1. The minimum atomic E-state index is -0.966. The first-order chi connectivity index (χ1) is 12.5. The molecule has 0 saturated heterocycles. The number of hydrogen-bond donors (Lipinski definition) is 3. The van der Waals surface area contributed by atoms with E-state index in [1.165, 1.54) is 11.3 Å². The minimum absolute atomic E-state index is 0.342. The molecule has 0 amide bonds. The van der Waals surface area contributed by atoms with Gasteiger partial charge in [0.05, 0.1) is 11.6 Å². The Labute approximate surface area is 161 Å². The van der Waals surface area contributed by atoms with Crippen molar-refractivity contribution in [1.82, 2.24) is 10.6 Å². The Kier molecular flexibility index (Phi) is 5.90. The average Bonchev–Trinajstić information content (AvgIpc) is 3.17. The van der Waals surface area contributed by atoms with E-state index in [1.807, 2.05) is 29.6 Å². The summed E-state index contributed by atoms with van der Waals surface area (Å²) in [7, 11) is 1.69. The number of ether oxygens (including phenoxy) is 2. The Bertz CT molecular complexity index is 778. The van der Waals surface area contributed by atoms with Gasteiger partial charge >= 0.3 is 0 Å². The van der Waals surface area contributed by atoms with Gasteiger partial charge in [0.15, 0.2) is 17.5 Å². The lowest BCUT2D eigenvalue weighted by molar-refractivity contribution is 0.0655. The second-order valence-corrected chi connectivity index (χ2v) is 7.49. The molecule has 1 unspecified atom stereocenters. The highest BCUT2D eigenvalue weighted by atomic mass is 35.5. The van der Waals surface area contributed by atoms with Gasteiger partial charge in [0.25, 0.3) is 0 Å². The number of fused-ring (bicyclic) bond motifs is 1. The standard InChI is InChI=1S/C18H22ClN3O3S/c1-18(23,15-4-3-7-26-15)11-22-17(20-2)21-10-12-8-13(19)16-14(9-12)24-5-6-25-16/h3-4,7-9,23H,5-6,10-11H2,1-2H3,(H2,20,21,22). The molecule has 0 bridgehead atoms. The van der Waals surface area contributed by atoms with Crippen LogP contribution in [0.2, 0.25) is 5.02 Å². The number of halogens is 1. The van der Waals surface area contributed by atoms with E-state index in [2.05, 4.69) is 15.6 Å². The van der Waals surface area contributed by atoms with Gasteiger partial charge in [0, 0.05) is 18.5 Å². The van der Waals surface area contributed by atoms with Crippen molar-refractivity contribution in [2.45, 2.75) is 19.1 Å². The van der Waals surface area contributed by atoms with Crippen LogP contribution in [0, 0.1) is 0 Å². The van der Waals surface area contributed by atoms with E-state index < -0.39 is 5.60 Å². The molecular formula is C18H22ClN3O3S. The van der Waals surface area contributed by atoms with Crippen molar-refractivity contribution in [3.63, 3.8) is 0 Å². The van der Waals surface area contributed by atoms with Crippen LogP contribution in [0.5, 0.6) is 11.5 Å². The maximum atomic E-state index is 10.6. The molecule has 0 radical (unpaired) electrons. The Morgan fingerprint density at radius 2 is 2.15 bits per heavy atom. The predicted molar refractivity (Wildman–Crippen MR) is 105 cm³/mol. The lowest BCUT2D eigenvalue weighted by Crippen LogP contribution is -2.44. The lowest BCUT2D eigenvalue weighted by Gasteiger charge is -2.24. The molecule has 0 saturated carbocycles. The molecule has 0 aliphatic carbocycles. The van der Waals surface area contributed by atoms with Gasteiger partial charge in [0.1, 0.15) is 18.8 Å². The lowest BCUT2D eigenvalue weighted by atomic mass is 10.1. The molecule has 2 heterocycles. The van der Waals surface area contributed by atoms with Gasteiger partial charge < -0.3 is 25.2 Å². The molecule has 26 heavy (non-hydrogen) atoms. The van der Waals surface area contributed by atoms with Crippen LogP contribution in [0.4, 0.5) is 0 Å². The van der Waals surface area contributed by atoms with Crippen LogP contribution in [0.3, 0.4) is 0 Å². The van der Waals surface area contributed by atoms with Crippen molar-refractivity contribution < 1.29 is 14.6 Å². The molecule has 2 aromatic rings. The van der Waals surface area contributed by atoms with Gasteiger partial charge in [-0.25, -0.2) is 0 Å². The fraction of sp³-hybridized carbons (Fsp3) is 0.389. The molecule has 1 aliphatic heterocycles. The Morgan fingerprint density at radius 3 is 2.88 bits per heavy atom. The van der Waals surface area contributed by atoms with Crippen LogP contribution in [-0.2, 0) is 12.1 Å². The van der Waals surface area contributed by atoms with E-state index in [4.69, 9.17) is 21.1 Å². The second kappa shape index (κ2) is 8.16. The number of aliphatic imine (C=N–C) groups is 1. The molecule has 0 spiro atoms. The summed E-state index contributed by atoms with van der Waals surface area (Å²) in [6.45, 7) is 3.65. The zero-order valence-electron chi connectivity index (χ0n) is 14.7. The number of nitrogens with zero attached hydrogens (tertiary/aromatic N) is 1. The number of rotatable bonds is 5. The highest BCUT2D eigenvalue weighted by molar-refractivity contribution is 7.10. The number of thiophene rings is 1. The van der Waals surface area contributed by atoms with E-state index >= 15 is 0 Å². The molecule has 1 aromatic carbocycles. The Balaban J connectivity index is 1.59. The van der Waals surface area contributed by atoms with Gasteiger partial charge in [-0.1, -0.05) is 17.7 Å². The maximum absolute atomic E-state index is 10.6. The smallest absolute Gasteiger partial charge is 0.191 e. The topological polar surface area (TPSA) is 75.1 Å². The minimum Gasteiger partial charge on any atom is -0.486 e. The van der Waals surface area contributed by atoms with Gasteiger partial charge in [-0.15, -0.1) is 11.3 Å². The highest BCUT2D eigenvalue weighted by Crippen LogP contribution is 2.38. The number of hydrogen-bond acceptors (Lipinski definition) is 5. The zero-order valence-corrected chi connectivity index (χ0v) is 16.3. The van der Waals surface area contributed by atoms with E-state index in [0.29, 0.717) is 48.8 Å². The summed E-state index contributed by atoms with van der Waals surface area (Å²) in [5.74, 6) is 1.84. The van der Waals surface area contributed by atoms with Crippen molar-refractivity contribution in [3.8, 4) is 11.5 Å². The molecule has 3 N–H and O–H groups in total. The Morgan fingerprint density at radius 1 is 1.35 bits per heavy atom. The first kappa shape index (κ1) is 18.8. The fourth-order valence-electron chi connectivity index (χ4n) is 2.60. The van der Waals surface area contributed by atoms with Crippen molar-refractivity contribution >= 4 is 28.9 Å².